The minimum absolute atomic E-state index is 0.0356. The first-order chi connectivity index (χ1) is 20.2. The van der Waals surface area contributed by atoms with Gasteiger partial charge in [0.25, 0.3) is 0 Å². The fourth-order valence-electron chi connectivity index (χ4n) is 4.45. The predicted molar refractivity (Wildman–Crippen MR) is 156 cm³/mol. The van der Waals surface area contributed by atoms with Crippen LogP contribution < -0.4 is 18.5 Å². The first-order valence-corrected chi connectivity index (χ1v) is 14.6. The minimum Gasteiger partial charge on any atom is -0.494 e. The molecule has 220 valence electrons. The van der Waals surface area contributed by atoms with Crippen molar-refractivity contribution in [2.45, 2.75) is 31.6 Å². The van der Waals surface area contributed by atoms with Gasteiger partial charge in [0.1, 0.15) is 28.1 Å². The number of nitrogens with zero attached hydrogens (tertiary/aromatic N) is 6. The van der Waals surface area contributed by atoms with E-state index in [9.17, 15) is 13.5 Å². The number of nitriles is 1. The second-order valence-corrected chi connectivity index (χ2v) is 11.5. The van der Waals surface area contributed by atoms with Gasteiger partial charge >= 0.3 is 0 Å². The number of aromatic nitrogens is 4. The number of hydrogen-bond acceptors (Lipinski definition) is 10. The molecule has 0 saturated heterocycles. The molecule has 2 atom stereocenters. The van der Waals surface area contributed by atoms with Crippen molar-refractivity contribution in [2.75, 3.05) is 32.2 Å². The van der Waals surface area contributed by atoms with Crippen molar-refractivity contribution >= 4 is 16.0 Å². The van der Waals surface area contributed by atoms with Crippen LogP contribution in [0.2, 0.25) is 0 Å². The predicted octanol–water partition coefficient (Wildman–Crippen LogP) is 3.90. The molecule has 0 aliphatic rings. The SMILES string of the molecule is CCCN(c1nnc(-c2cccc(OC)n2)n1-c1c(OC)cccc1OC)S(=O)(=O)[C@@H](C)[C@H](O)c1ccc(C#N)cc1. The van der Waals surface area contributed by atoms with E-state index in [-0.39, 0.29) is 18.3 Å². The third-order valence-corrected chi connectivity index (χ3v) is 8.84. The van der Waals surface area contributed by atoms with Crippen LogP contribution in [0.15, 0.2) is 60.7 Å². The summed E-state index contributed by atoms with van der Waals surface area (Å²) >= 11 is 0. The topological polar surface area (TPSA) is 153 Å². The Labute approximate surface area is 244 Å². The molecule has 0 aliphatic carbocycles. The number of rotatable bonds is 12. The third-order valence-electron chi connectivity index (χ3n) is 6.69. The second-order valence-electron chi connectivity index (χ2n) is 9.24. The summed E-state index contributed by atoms with van der Waals surface area (Å²) in [6, 6.07) is 18.4. The summed E-state index contributed by atoms with van der Waals surface area (Å²) in [5.74, 6) is 1.24. The highest BCUT2D eigenvalue weighted by Crippen LogP contribution is 2.39. The molecule has 0 fully saturated rings. The van der Waals surface area contributed by atoms with E-state index in [1.807, 2.05) is 13.0 Å². The molecule has 13 heteroatoms. The zero-order valence-corrected chi connectivity index (χ0v) is 24.7. The lowest BCUT2D eigenvalue weighted by Crippen LogP contribution is -2.42. The summed E-state index contributed by atoms with van der Waals surface area (Å²) in [4.78, 5) is 4.50. The highest BCUT2D eigenvalue weighted by molar-refractivity contribution is 7.93. The van der Waals surface area contributed by atoms with Crippen LogP contribution in [0.25, 0.3) is 17.2 Å². The van der Waals surface area contributed by atoms with E-state index in [4.69, 9.17) is 19.5 Å². The summed E-state index contributed by atoms with van der Waals surface area (Å²) < 4.78 is 47.7. The number of sulfonamides is 1. The molecule has 0 radical (unpaired) electrons. The van der Waals surface area contributed by atoms with Crippen molar-refractivity contribution in [1.82, 2.24) is 19.7 Å². The molecular weight excluding hydrogens is 560 g/mol. The molecule has 0 unspecified atom stereocenters. The van der Waals surface area contributed by atoms with Gasteiger partial charge in [0, 0.05) is 12.6 Å². The van der Waals surface area contributed by atoms with Crippen molar-refractivity contribution in [2.24, 2.45) is 0 Å². The number of aliphatic hydroxyl groups is 1. The Hall–Kier alpha value is -4.67. The lowest BCUT2D eigenvalue weighted by molar-refractivity contribution is 0.176. The fourth-order valence-corrected chi connectivity index (χ4v) is 6.12. The van der Waals surface area contributed by atoms with Gasteiger partial charge in [-0.05, 0) is 49.2 Å². The Morgan fingerprint density at radius 2 is 1.62 bits per heavy atom. The number of methoxy groups -OCH3 is 3. The van der Waals surface area contributed by atoms with E-state index in [1.54, 1.807) is 36.4 Å². The van der Waals surface area contributed by atoms with E-state index >= 15 is 0 Å². The summed E-state index contributed by atoms with van der Waals surface area (Å²) in [5, 5.41) is 27.7. The smallest absolute Gasteiger partial charge is 0.246 e. The summed E-state index contributed by atoms with van der Waals surface area (Å²) in [6.45, 7) is 3.29. The Morgan fingerprint density at radius 1 is 0.976 bits per heavy atom. The molecule has 12 nitrogen and oxygen atoms in total. The minimum atomic E-state index is -4.26. The molecule has 2 heterocycles. The van der Waals surface area contributed by atoms with Crippen molar-refractivity contribution in [3.05, 3.63) is 71.8 Å². The van der Waals surface area contributed by atoms with Crippen LogP contribution >= 0.6 is 0 Å². The van der Waals surface area contributed by atoms with Crippen molar-refractivity contribution in [1.29, 1.82) is 5.26 Å². The molecule has 0 spiro atoms. The molecule has 1 N–H and O–H groups in total. The van der Waals surface area contributed by atoms with Crippen molar-refractivity contribution in [3.8, 4) is 40.7 Å². The van der Waals surface area contributed by atoms with Crippen LogP contribution in [0.5, 0.6) is 17.4 Å². The molecule has 2 aromatic heterocycles. The standard InChI is InChI=1S/C29H32N6O6S/c1-6-17-34(42(37,38)19(2)27(36)21-15-13-20(18-30)14-16-21)29-33-32-28(22-9-7-12-25(31-22)41-5)35(29)26-23(39-3)10-8-11-24(26)40-4/h7-16,19,27,36H,6,17H2,1-5H3/t19-,27-/m0/s1. The van der Waals surface area contributed by atoms with E-state index in [1.165, 1.54) is 57.1 Å². The first-order valence-electron chi connectivity index (χ1n) is 13.1. The van der Waals surface area contributed by atoms with Crippen LogP contribution in [0, 0.1) is 11.3 Å². The normalized spacial score (nSPS) is 12.7. The highest BCUT2D eigenvalue weighted by atomic mass is 32.2. The number of hydrogen-bond donors (Lipinski definition) is 1. The van der Waals surface area contributed by atoms with Crippen LogP contribution in [-0.2, 0) is 10.0 Å². The molecular formula is C29H32N6O6S. The Morgan fingerprint density at radius 3 is 2.19 bits per heavy atom. The Kier molecular flexibility index (Phi) is 9.29. The number of pyridine rings is 1. The zero-order chi connectivity index (χ0) is 30.4. The largest absolute Gasteiger partial charge is 0.494 e. The van der Waals surface area contributed by atoms with E-state index in [0.717, 1.165) is 4.31 Å². The molecule has 0 aliphatic heterocycles. The van der Waals surface area contributed by atoms with Gasteiger partial charge in [-0.2, -0.15) is 5.26 Å². The van der Waals surface area contributed by atoms with Gasteiger partial charge in [0.05, 0.1) is 39.1 Å². The third kappa shape index (κ3) is 5.72. The van der Waals surface area contributed by atoms with Gasteiger partial charge in [-0.15, -0.1) is 10.2 Å². The molecule has 4 rings (SSSR count). The molecule has 4 aromatic rings. The summed E-state index contributed by atoms with van der Waals surface area (Å²) in [6.07, 6.45) is -0.958. The number of ether oxygens (including phenoxy) is 3. The van der Waals surface area contributed by atoms with E-state index in [2.05, 4.69) is 15.2 Å². The van der Waals surface area contributed by atoms with Gasteiger partial charge in [0.2, 0.25) is 21.9 Å². The van der Waals surface area contributed by atoms with Gasteiger partial charge in [-0.25, -0.2) is 17.7 Å². The lowest BCUT2D eigenvalue weighted by Gasteiger charge is -2.29. The van der Waals surface area contributed by atoms with Crippen LogP contribution in [0.3, 0.4) is 0 Å². The molecule has 2 aromatic carbocycles. The average molecular weight is 593 g/mol. The van der Waals surface area contributed by atoms with Crippen LogP contribution in [0.4, 0.5) is 5.95 Å². The van der Waals surface area contributed by atoms with Gasteiger partial charge in [-0.1, -0.05) is 31.2 Å². The van der Waals surface area contributed by atoms with Gasteiger partial charge in [-0.3, -0.25) is 4.57 Å². The number of aliphatic hydroxyl groups excluding tert-OH is 1. The summed E-state index contributed by atoms with van der Waals surface area (Å²) in [7, 11) is 0.202. The monoisotopic (exact) mass is 592 g/mol. The van der Waals surface area contributed by atoms with Gasteiger partial charge in [0.15, 0.2) is 5.82 Å². The van der Waals surface area contributed by atoms with Crippen LogP contribution in [0.1, 0.15) is 37.5 Å². The maximum absolute atomic E-state index is 14.2. The van der Waals surface area contributed by atoms with E-state index in [0.29, 0.717) is 46.3 Å². The molecule has 42 heavy (non-hydrogen) atoms. The number of benzene rings is 2. The quantitative estimate of drug-likeness (QED) is 0.256. The Bertz CT molecular complexity index is 1660. The molecule has 0 amide bonds. The van der Waals surface area contributed by atoms with E-state index < -0.39 is 21.4 Å². The average Bonchev–Trinajstić information content (AvgIpc) is 3.46. The molecule has 0 bridgehead atoms. The van der Waals surface area contributed by atoms with Gasteiger partial charge < -0.3 is 19.3 Å². The zero-order valence-electron chi connectivity index (χ0n) is 23.9. The van der Waals surface area contributed by atoms with Crippen molar-refractivity contribution < 1.29 is 27.7 Å². The Balaban J connectivity index is 1.94. The molecule has 0 saturated carbocycles. The number of para-hydroxylation sites is 1. The number of anilines is 1. The van der Waals surface area contributed by atoms with Crippen molar-refractivity contribution in [3.63, 3.8) is 0 Å². The van der Waals surface area contributed by atoms with Crippen LogP contribution in [-0.4, -0.2) is 66.4 Å². The highest BCUT2D eigenvalue weighted by Gasteiger charge is 2.38. The summed E-state index contributed by atoms with van der Waals surface area (Å²) in [5.41, 5.74) is 1.47. The lowest BCUT2D eigenvalue weighted by atomic mass is 10.1. The first kappa shape index (κ1) is 30.3. The maximum Gasteiger partial charge on any atom is 0.246 e. The maximum atomic E-state index is 14.2. The second kappa shape index (κ2) is 12.9. The fraction of sp³-hybridized carbons (Fsp3) is 0.310.